The molecule has 0 fully saturated rings. The van der Waals surface area contributed by atoms with Crippen LogP contribution in [0.1, 0.15) is 12.5 Å². The number of hydrogen-bond acceptors (Lipinski definition) is 7. The molecule has 0 aliphatic rings. The largest absolute Gasteiger partial charge is 0.497 e. The van der Waals surface area contributed by atoms with Crippen molar-refractivity contribution in [1.82, 2.24) is 9.97 Å². The molecule has 29 heavy (non-hydrogen) atoms. The Kier molecular flexibility index (Phi) is 6.82. The second-order valence-electron chi connectivity index (χ2n) is 5.91. The van der Waals surface area contributed by atoms with Crippen molar-refractivity contribution in [3.63, 3.8) is 0 Å². The molecule has 0 saturated heterocycles. The molecule has 0 bridgehead atoms. The second-order valence-corrected chi connectivity index (χ2v) is 6.87. The molecule has 3 aromatic rings. The first-order valence-corrected chi connectivity index (χ1v) is 9.93. The Bertz CT molecular complexity index is 1030. The highest BCUT2D eigenvalue weighted by Gasteiger charge is 2.17. The van der Waals surface area contributed by atoms with E-state index in [0.717, 1.165) is 22.4 Å². The van der Waals surface area contributed by atoms with E-state index in [0.29, 0.717) is 22.9 Å². The van der Waals surface area contributed by atoms with E-state index < -0.39 is 0 Å². The van der Waals surface area contributed by atoms with Gasteiger partial charge in [-0.2, -0.15) is 5.26 Å². The van der Waals surface area contributed by atoms with Gasteiger partial charge in [-0.15, -0.1) is 0 Å². The average molecular weight is 405 g/mol. The summed E-state index contributed by atoms with van der Waals surface area (Å²) < 4.78 is 10.2. The number of ether oxygens (including phenoxy) is 2. The van der Waals surface area contributed by atoms with Gasteiger partial charge in [0.25, 0.3) is 0 Å². The number of aromatic nitrogens is 2. The monoisotopic (exact) mass is 405 g/mol. The van der Waals surface area contributed by atoms with E-state index in [4.69, 9.17) is 9.47 Å². The summed E-state index contributed by atoms with van der Waals surface area (Å²) in [6.45, 7) is 2.07. The van der Waals surface area contributed by atoms with Crippen LogP contribution in [0.25, 0.3) is 22.4 Å². The molecule has 0 atom stereocenters. The van der Waals surface area contributed by atoms with Crippen molar-refractivity contribution < 1.29 is 14.3 Å². The van der Waals surface area contributed by atoms with Gasteiger partial charge in [0.1, 0.15) is 16.8 Å². The van der Waals surface area contributed by atoms with Crippen LogP contribution in [0.3, 0.4) is 0 Å². The molecule has 0 spiro atoms. The first-order chi connectivity index (χ1) is 14.2. The topological polar surface area (TPSA) is 85.1 Å². The lowest BCUT2D eigenvalue weighted by molar-refractivity contribution is -0.139. The van der Waals surface area contributed by atoms with Crippen molar-refractivity contribution in [3.8, 4) is 34.2 Å². The third kappa shape index (κ3) is 4.92. The number of carbonyl (C=O) groups excluding carboxylic acids is 1. The first-order valence-electron chi connectivity index (χ1n) is 8.94. The normalized spacial score (nSPS) is 10.2. The summed E-state index contributed by atoms with van der Waals surface area (Å²) >= 11 is 1.19. The number of pyridine rings is 2. The number of esters is 1. The van der Waals surface area contributed by atoms with E-state index >= 15 is 0 Å². The smallest absolute Gasteiger partial charge is 0.316 e. The fraction of sp³-hybridized carbons (Fsp3) is 0.182. The molecule has 0 amide bonds. The van der Waals surface area contributed by atoms with Gasteiger partial charge in [-0.05, 0) is 42.8 Å². The van der Waals surface area contributed by atoms with Gasteiger partial charge < -0.3 is 9.47 Å². The number of benzene rings is 1. The van der Waals surface area contributed by atoms with E-state index in [-0.39, 0.29) is 11.7 Å². The van der Waals surface area contributed by atoms with E-state index in [1.165, 1.54) is 11.8 Å². The number of thioether (sulfide) groups is 1. The Hall–Kier alpha value is -3.37. The number of methoxy groups -OCH3 is 1. The quantitative estimate of drug-likeness (QED) is 0.427. The molecule has 2 aromatic heterocycles. The molecule has 7 heteroatoms. The van der Waals surface area contributed by atoms with Gasteiger partial charge in [0.15, 0.2) is 0 Å². The van der Waals surface area contributed by atoms with Crippen molar-refractivity contribution in [1.29, 1.82) is 5.26 Å². The lowest BCUT2D eigenvalue weighted by Gasteiger charge is -2.12. The van der Waals surface area contributed by atoms with E-state index in [2.05, 4.69) is 16.0 Å². The minimum atomic E-state index is -0.346. The van der Waals surface area contributed by atoms with Crippen LogP contribution < -0.4 is 4.74 Å². The average Bonchev–Trinajstić information content (AvgIpc) is 2.78. The first kappa shape index (κ1) is 20.4. The maximum Gasteiger partial charge on any atom is 0.316 e. The van der Waals surface area contributed by atoms with E-state index in [1.807, 2.05) is 42.5 Å². The highest BCUT2D eigenvalue weighted by atomic mass is 32.2. The molecule has 0 unspecified atom stereocenters. The van der Waals surface area contributed by atoms with Crippen LogP contribution >= 0.6 is 11.8 Å². The van der Waals surface area contributed by atoms with Gasteiger partial charge in [0.05, 0.1) is 30.7 Å². The zero-order chi connectivity index (χ0) is 20.6. The predicted molar refractivity (Wildman–Crippen MR) is 112 cm³/mol. The Balaban J connectivity index is 2.10. The van der Waals surface area contributed by atoms with Gasteiger partial charge in [-0.25, -0.2) is 4.98 Å². The summed E-state index contributed by atoms with van der Waals surface area (Å²) in [5.74, 6) is 0.459. The number of nitrogens with zero attached hydrogens (tertiary/aromatic N) is 3. The van der Waals surface area contributed by atoms with Crippen LogP contribution in [0.2, 0.25) is 0 Å². The fourth-order valence-electron chi connectivity index (χ4n) is 2.72. The van der Waals surface area contributed by atoms with Gasteiger partial charge in [-0.3, -0.25) is 9.78 Å². The molecule has 6 nitrogen and oxygen atoms in total. The number of rotatable bonds is 7. The molecule has 1 aromatic carbocycles. The number of nitriles is 1. The molecule has 0 N–H and O–H groups in total. The van der Waals surface area contributed by atoms with Crippen LogP contribution in [0.15, 0.2) is 59.9 Å². The lowest BCUT2D eigenvalue weighted by atomic mass is 9.99. The zero-order valence-electron chi connectivity index (χ0n) is 16.1. The fourth-order valence-corrected chi connectivity index (χ4v) is 3.53. The highest BCUT2D eigenvalue weighted by molar-refractivity contribution is 7.99. The molecule has 0 aliphatic heterocycles. The zero-order valence-corrected chi connectivity index (χ0v) is 16.9. The van der Waals surface area contributed by atoms with Crippen LogP contribution in [0, 0.1) is 11.3 Å². The van der Waals surface area contributed by atoms with E-state index in [1.54, 1.807) is 26.4 Å². The SMILES string of the molecule is CCOC(=O)CSc1nc(-c2cccnc2)cc(-c2ccc(OC)cc2)c1C#N. The van der Waals surface area contributed by atoms with Gasteiger partial charge in [-0.1, -0.05) is 23.9 Å². The summed E-state index contributed by atoms with van der Waals surface area (Å²) in [6, 6.07) is 15.3. The molecule has 3 rings (SSSR count). The van der Waals surface area contributed by atoms with Gasteiger partial charge >= 0.3 is 5.97 Å². The minimum absolute atomic E-state index is 0.0774. The van der Waals surface area contributed by atoms with Crippen molar-refractivity contribution >= 4 is 17.7 Å². The molecule has 146 valence electrons. The van der Waals surface area contributed by atoms with Gasteiger partial charge in [0, 0.05) is 23.5 Å². The van der Waals surface area contributed by atoms with Crippen LogP contribution in [0.4, 0.5) is 0 Å². The standard InChI is InChI=1S/C22H19N3O3S/c1-3-28-21(26)14-29-22-19(12-23)18(15-6-8-17(27-2)9-7-15)11-20(25-22)16-5-4-10-24-13-16/h4-11,13H,3,14H2,1-2H3. The summed E-state index contributed by atoms with van der Waals surface area (Å²) in [4.78, 5) is 20.6. The lowest BCUT2D eigenvalue weighted by Crippen LogP contribution is -2.07. The predicted octanol–water partition coefficient (Wildman–Crippen LogP) is 4.35. The Morgan fingerprint density at radius 2 is 2.00 bits per heavy atom. The van der Waals surface area contributed by atoms with E-state index in [9.17, 15) is 10.1 Å². The highest BCUT2D eigenvalue weighted by Crippen LogP contribution is 2.34. The number of hydrogen-bond donors (Lipinski definition) is 0. The molecule has 0 aliphatic carbocycles. The third-order valence-electron chi connectivity index (χ3n) is 4.09. The molecular weight excluding hydrogens is 386 g/mol. The summed E-state index contributed by atoms with van der Waals surface area (Å²) in [7, 11) is 1.60. The molecule has 2 heterocycles. The maximum atomic E-state index is 11.8. The van der Waals surface area contributed by atoms with Crippen LogP contribution in [0.5, 0.6) is 5.75 Å². The van der Waals surface area contributed by atoms with Crippen LogP contribution in [-0.2, 0) is 9.53 Å². The summed E-state index contributed by atoms with van der Waals surface area (Å²) in [5, 5.41) is 10.3. The second kappa shape index (κ2) is 9.71. The molecule has 0 radical (unpaired) electrons. The van der Waals surface area contributed by atoms with Crippen LogP contribution in [-0.4, -0.2) is 35.4 Å². The Morgan fingerprint density at radius 3 is 2.62 bits per heavy atom. The Labute approximate surface area is 173 Å². The molecular formula is C22H19N3O3S. The summed E-state index contributed by atoms with van der Waals surface area (Å²) in [6.07, 6.45) is 3.40. The van der Waals surface area contributed by atoms with Crippen molar-refractivity contribution in [2.45, 2.75) is 11.9 Å². The van der Waals surface area contributed by atoms with Crippen molar-refractivity contribution in [3.05, 3.63) is 60.4 Å². The van der Waals surface area contributed by atoms with Crippen molar-refractivity contribution in [2.75, 3.05) is 19.5 Å². The Morgan fingerprint density at radius 1 is 1.21 bits per heavy atom. The third-order valence-corrected chi connectivity index (χ3v) is 5.04. The maximum absolute atomic E-state index is 11.8. The molecule has 0 saturated carbocycles. The number of carbonyl (C=O) groups is 1. The van der Waals surface area contributed by atoms with Gasteiger partial charge in [0.2, 0.25) is 0 Å². The minimum Gasteiger partial charge on any atom is -0.497 e. The summed E-state index contributed by atoms with van der Waals surface area (Å²) in [5.41, 5.74) is 3.50. The van der Waals surface area contributed by atoms with Crippen molar-refractivity contribution in [2.24, 2.45) is 0 Å².